The maximum Gasteiger partial charge on any atom is 0.306 e. The van der Waals surface area contributed by atoms with Gasteiger partial charge >= 0.3 is 17.9 Å². The third-order valence-corrected chi connectivity index (χ3v) is 10.2. The monoisotopic (exact) mass is 823 g/mol. The largest absolute Gasteiger partial charge is 0.462 e. The number of esters is 3. The molecule has 0 saturated heterocycles. The van der Waals surface area contributed by atoms with E-state index < -0.39 is 12.1 Å². The SMILES string of the molecule is CCCCC/C=C\C/C=C\C/C=C\C/C=C\CCCC(=O)OCC(COC(=O)CCCCCCCCCCCCC)OC(=O)CC/C=C\C/C=C\CCCCCCCC. The van der Waals surface area contributed by atoms with Crippen LogP contribution in [0.5, 0.6) is 0 Å². The van der Waals surface area contributed by atoms with Crippen molar-refractivity contribution in [1.29, 1.82) is 0 Å². The van der Waals surface area contributed by atoms with Crippen molar-refractivity contribution >= 4 is 17.9 Å². The van der Waals surface area contributed by atoms with Crippen LogP contribution in [-0.4, -0.2) is 37.2 Å². The quantitative estimate of drug-likeness (QED) is 0.0264. The van der Waals surface area contributed by atoms with Crippen LogP contribution in [0.1, 0.15) is 226 Å². The normalized spacial score (nSPS) is 12.7. The van der Waals surface area contributed by atoms with E-state index in [0.717, 1.165) is 57.8 Å². The van der Waals surface area contributed by atoms with Gasteiger partial charge in [-0.05, 0) is 77.0 Å². The van der Waals surface area contributed by atoms with Gasteiger partial charge in [-0.2, -0.15) is 0 Å². The Morgan fingerprint density at radius 1 is 0.339 bits per heavy atom. The Bertz CT molecular complexity index is 1130. The zero-order chi connectivity index (χ0) is 43.0. The number of carbonyl (C=O) groups is 3. The number of ether oxygens (including phenoxy) is 3. The molecule has 0 aromatic rings. The van der Waals surface area contributed by atoms with Gasteiger partial charge in [0.05, 0.1) is 0 Å². The van der Waals surface area contributed by atoms with Crippen molar-refractivity contribution < 1.29 is 28.6 Å². The van der Waals surface area contributed by atoms with Gasteiger partial charge in [0.15, 0.2) is 6.10 Å². The molecule has 0 fully saturated rings. The zero-order valence-corrected chi connectivity index (χ0v) is 38.5. The summed E-state index contributed by atoms with van der Waals surface area (Å²) in [7, 11) is 0. The highest BCUT2D eigenvalue weighted by atomic mass is 16.6. The topological polar surface area (TPSA) is 78.9 Å². The van der Waals surface area contributed by atoms with E-state index in [9.17, 15) is 14.4 Å². The summed E-state index contributed by atoms with van der Waals surface area (Å²) in [5, 5.41) is 0. The second-order valence-electron chi connectivity index (χ2n) is 16.0. The molecule has 0 saturated carbocycles. The fraction of sp³-hybridized carbons (Fsp3) is 0.717. The van der Waals surface area contributed by atoms with Gasteiger partial charge in [0.2, 0.25) is 0 Å². The second-order valence-corrected chi connectivity index (χ2v) is 16.0. The second kappa shape index (κ2) is 47.5. The third-order valence-electron chi connectivity index (χ3n) is 10.2. The first-order valence-corrected chi connectivity index (χ1v) is 24.4. The molecule has 6 heteroatoms. The van der Waals surface area contributed by atoms with E-state index >= 15 is 0 Å². The maximum absolute atomic E-state index is 12.7. The summed E-state index contributed by atoms with van der Waals surface area (Å²) in [5.74, 6) is -1.04. The van der Waals surface area contributed by atoms with Crippen molar-refractivity contribution in [3.8, 4) is 0 Å². The molecular weight excluding hydrogens is 733 g/mol. The predicted molar refractivity (Wildman–Crippen MR) is 251 cm³/mol. The van der Waals surface area contributed by atoms with E-state index in [1.807, 2.05) is 6.08 Å². The molecule has 0 aliphatic rings. The lowest BCUT2D eigenvalue weighted by atomic mass is 10.1. The van der Waals surface area contributed by atoms with Gasteiger partial charge in [-0.15, -0.1) is 0 Å². The van der Waals surface area contributed by atoms with Crippen molar-refractivity contribution in [3.63, 3.8) is 0 Å². The maximum atomic E-state index is 12.7. The number of hydrogen-bond acceptors (Lipinski definition) is 6. The Labute approximate surface area is 363 Å². The molecule has 1 unspecified atom stereocenters. The predicted octanol–water partition coefficient (Wildman–Crippen LogP) is 15.9. The molecule has 0 spiro atoms. The lowest BCUT2D eigenvalue weighted by Crippen LogP contribution is -2.30. The number of hydrogen-bond donors (Lipinski definition) is 0. The van der Waals surface area contributed by atoms with Gasteiger partial charge in [0.25, 0.3) is 0 Å². The van der Waals surface area contributed by atoms with E-state index in [-0.39, 0.29) is 38.0 Å². The molecule has 0 aliphatic heterocycles. The minimum Gasteiger partial charge on any atom is -0.462 e. The molecule has 0 amide bonds. The van der Waals surface area contributed by atoms with Crippen LogP contribution in [-0.2, 0) is 28.6 Å². The minimum absolute atomic E-state index is 0.114. The van der Waals surface area contributed by atoms with Crippen molar-refractivity contribution in [2.45, 2.75) is 232 Å². The number of carbonyl (C=O) groups excluding carboxylic acids is 3. The van der Waals surface area contributed by atoms with Gasteiger partial charge in [0, 0.05) is 19.3 Å². The lowest BCUT2D eigenvalue weighted by molar-refractivity contribution is -0.166. The summed E-state index contributed by atoms with van der Waals surface area (Å²) in [4.78, 5) is 37.8. The Morgan fingerprint density at radius 3 is 1.12 bits per heavy atom. The van der Waals surface area contributed by atoms with E-state index in [1.54, 1.807) is 0 Å². The zero-order valence-electron chi connectivity index (χ0n) is 38.5. The molecule has 1 atom stereocenters. The Kier molecular flexibility index (Phi) is 45.0. The molecule has 59 heavy (non-hydrogen) atoms. The van der Waals surface area contributed by atoms with Gasteiger partial charge in [-0.3, -0.25) is 14.4 Å². The molecule has 0 aromatic carbocycles. The van der Waals surface area contributed by atoms with Crippen LogP contribution in [0.2, 0.25) is 0 Å². The molecule has 338 valence electrons. The van der Waals surface area contributed by atoms with Gasteiger partial charge in [-0.25, -0.2) is 0 Å². The summed E-state index contributed by atoms with van der Waals surface area (Å²) >= 11 is 0. The summed E-state index contributed by atoms with van der Waals surface area (Å²) in [6.07, 6.45) is 59.0. The van der Waals surface area contributed by atoms with Crippen molar-refractivity contribution in [2.24, 2.45) is 0 Å². The van der Waals surface area contributed by atoms with E-state index in [2.05, 4.69) is 87.6 Å². The molecule has 6 nitrogen and oxygen atoms in total. The highest BCUT2D eigenvalue weighted by Gasteiger charge is 2.19. The first-order valence-electron chi connectivity index (χ1n) is 24.4. The van der Waals surface area contributed by atoms with Crippen LogP contribution < -0.4 is 0 Å². The van der Waals surface area contributed by atoms with Gasteiger partial charge in [0.1, 0.15) is 13.2 Å². The molecular formula is C53H90O6. The standard InChI is InChI=1S/C53H90O6/c1-4-7-10-13-16-19-22-24-25-26-27-29-31-34-37-40-43-46-52(55)58-49-50(48-57-51(54)45-42-39-36-33-30-21-18-15-12-9-6-3)59-53(56)47-44-41-38-35-32-28-23-20-17-14-11-8-5-2/h16,19,24-25,27-29,32,34,37-38,41,50H,4-15,17-18,20-23,26,30-31,33,35-36,39-40,42-49H2,1-3H3/b19-16-,25-24-,29-27-,32-28-,37-34-,41-38-. The molecule has 0 rings (SSSR count). The van der Waals surface area contributed by atoms with Crippen LogP contribution in [0.25, 0.3) is 0 Å². The highest BCUT2D eigenvalue weighted by molar-refractivity contribution is 5.71. The van der Waals surface area contributed by atoms with Crippen LogP contribution in [0.4, 0.5) is 0 Å². The molecule has 0 radical (unpaired) electrons. The van der Waals surface area contributed by atoms with Gasteiger partial charge < -0.3 is 14.2 Å². The summed E-state index contributed by atoms with van der Waals surface area (Å²) < 4.78 is 16.6. The van der Waals surface area contributed by atoms with E-state index in [1.165, 1.54) is 116 Å². The van der Waals surface area contributed by atoms with Crippen molar-refractivity contribution in [2.75, 3.05) is 13.2 Å². The average Bonchev–Trinajstić information content (AvgIpc) is 3.23. The van der Waals surface area contributed by atoms with Crippen molar-refractivity contribution in [1.82, 2.24) is 0 Å². The average molecular weight is 823 g/mol. The van der Waals surface area contributed by atoms with Crippen LogP contribution in [0, 0.1) is 0 Å². The van der Waals surface area contributed by atoms with Crippen LogP contribution in [0.3, 0.4) is 0 Å². The molecule has 0 heterocycles. The first kappa shape index (κ1) is 55.9. The first-order chi connectivity index (χ1) is 29.0. The summed E-state index contributed by atoms with van der Waals surface area (Å²) in [5.41, 5.74) is 0. The lowest BCUT2D eigenvalue weighted by Gasteiger charge is -2.18. The Balaban J connectivity index is 4.52. The summed E-state index contributed by atoms with van der Waals surface area (Å²) in [6, 6.07) is 0. The van der Waals surface area contributed by atoms with E-state index in [0.29, 0.717) is 19.3 Å². The van der Waals surface area contributed by atoms with Crippen LogP contribution in [0.15, 0.2) is 72.9 Å². The molecule has 0 N–H and O–H groups in total. The molecule has 0 aliphatic carbocycles. The van der Waals surface area contributed by atoms with Crippen molar-refractivity contribution in [3.05, 3.63) is 72.9 Å². The number of unbranched alkanes of at least 4 members (excludes halogenated alkanes) is 20. The third kappa shape index (κ3) is 45.8. The Hall–Kier alpha value is -3.15. The smallest absolute Gasteiger partial charge is 0.306 e. The minimum atomic E-state index is -0.824. The summed E-state index contributed by atoms with van der Waals surface area (Å²) in [6.45, 7) is 6.48. The van der Waals surface area contributed by atoms with E-state index in [4.69, 9.17) is 14.2 Å². The fourth-order valence-electron chi connectivity index (χ4n) is 6.49. The number of rotatable bonds is 43. The van der Waals surface area contributed by atoms with Crippen LogP contribution >= 0.6 is 0 Å². The molecule has 0 bridgehead atoms. The fourth-order valence-corrected chi connectivity index (χ4v) is 6.49. The Morgan fingerprint density at radius 2 is 0.661 bits per heavy atom. The highest BCUT2D eigenvalue weighted by Crippen LogP contribution is 2.13. The van der Waals surface area contributed by atoms with Gasteiger partial charge in [-0.1, -0.05) is 203 Å². The molecule has 0 aromatic heterocycles. The number of allylic oxidation sites excluding steroid dienone is 12.